The number of ether oxygens (including phenoxy) is 4. The molecule has 0 saturated carbocycles. The van der Waals surface area contributed by atoms with Crippen LogP contribution >= 0.6 is 15.8 Å². The van der Waals surface area contributed by atoms with E-state index in [1.54, 1.807) is 28.4 Å². The maximum Gasteiger partial charge on any atom is 0.0589 e. The van der Waals surface area contributed by atoms with Crippen molar-refractivity contribution in [2.75, 3.05) is 216 Å². The van der Waals surface area contributed by atoms with Crippen molar-refractivity contribution in [3.8, 4) is 0 Å². The Morgan fingerprint density at radius 3 is 0.789 bits per heavy atom. The van der Waals surface area contributed by atoms with Gasteiger partial charge in [0.1, 0.15) is 0 Å². The molecule has 10 nitrogen and oxygen atoms in total. The molecule has 0 fully saturated rings. The Balaban J connectivity index is -0.0000000660. The van der Waals surface area contributed by atoms with Crippen molar-refractivity contribution in [2.24, 2.45) is 0 Å². The van der Waals surface area contributed by atoms with E-state index in [1.165, 1.54) is 76.5 Å². The van der Waals surface area contributed by atoms with Gasteiger partial charge >= 0.3 is 0 Å². The van der Waals surface area contributed by atoms with Gasteiger partial charge in [0.05, 0.1) is 26.4 Å². The molecule has 0 rings (SSSR count). The van der Waals surface area contributed by atoms with Gasteiger partial charge in [0.25, 0.3) is 0 Å². The Bertz CT molecular complexity index is 540. The summed E-state index contributed by atoms with van der Waals surface area (Å²) in [6.45, 7) is 34.7. The van der Waals surface area contributed by atoms with E-state index in [1.807, 2.05) is 28.2 Å². The lowest BCUT2D eigenvalue weighted by Gasteiger charge is -2.11. The van der Waals surface area contributed by atoms with Gasteiger partial charge in [-0.25, -0.2) is 0 Å². The molecule has 0 amide bonds. The van der Waals surface area contributed by atoms with Gasteiger partial charge in [0.15, 0.2) is 0 Å². The van der Waals surface area contributed by atoms with Crippen LogP contribution in [0.15, 0.2) is 0 Å². The molecule has 57 heavy (non-hydrogen) atoms. The van der Waals surface area contributed by atoms with Crippen LogP contribution in [0.2, 0.25) is 0 Å². The molecule has 2 atom stereocenters. The van der Waals surface area contributed by atoms with Gasteiger partial charge in [-0.2, -0.15) is 0 Å². The van der Waals surface area contributed by atoms with Gasteiger partial charge < -0.3 is 48.3 Å². The predicted molar refractivity (Wildman–Crippen MR) is 272 cm³/mol. The molecule has 0 aliphatic carbocycles. The van der Waals surface area contributed by atoms with E-state index < -0.39 is 0 Å². The molecule has 0 saturated heterocycles. The summed E-state index contributed by atoms with van der Waals surface area (Å²) in [4.78, 5) is 13.1. The van der Waals surface area contributed by atoms with E-state index >= 15 is 0 Å². The minimum atomic E-state index is 0. The van der Waals surface area contributed by atoms with Crippen LogP contribution in [-0.2, 0) is 18.9 Å². The molecule has 0 radical (unpaired) electrons. The summed E-state index contributed by atoms with van der Waals surface area (Å²) >= 11 is 0. The van der Waals surface area contributed by atoms with Crippen molar-refractivity contribution in [1.82, 2.24) is 29.4 Å². The highest BCUT2D eigenvalue weighted by Crippen LogP contribution is 2.29. The van der Waals surface area contributed by atoms with Crippen LogP contribution in [0.4, 0.5) is 0 Å². The lowest BCUT2D eigenvalue weighted by Crippen LogP contribution is -2.21. The minimum absolute atomic E-state index is 0. The first kappa shape index (κ1) is 78.0. The summed E-state index contributed by atoms with van der Waals surface area (Å²) in [6.07, 6.45) is 10.6. The largest absolute Gasteiger partial charge is 0.384 e. The third-order valence-corrected chi connectivity index (χ3v) is 11.9. The minimum Gasteiger partial charge on any atom is -0.384 e. The summed E-state index contributed by atoms with van der Waals surface area (Å²) in [5, 5.41) is 0. The molecule has 0 N–H and O–H groups in total. The summed E-state index contributed by atoms with van der Waals surface area (Å²) in [5.74, 6) is 0. The maximum atomic E-state index is 4.93. The van der Waals surface area contributed by atoms with E-state index in [0.717, 1.165) is 52.6 Å². The number of hydrogen-bond donors (Lipinski definition) is 0. The van der Waals surface area contributed by atoms with E-state index in [2.05, 4.69) is 140 Å². The van der Waals surface area contributed by atoms with Crippen LogP contribution in [0.3, 0.4) is 0 Å². The summed E-state index contributed by atoms with van der Waals surface area (Å²) in [5.41, 5.74) is 0. The summed E-state index contributed by atoms with van der Waals surface area (Å²) in [7, 11) is 28.3. The second kappa shape index (κ2) is 73.9. The first-order valence-electron chi connectivity index (χ1n) is 21.6. The molecule has 0 aliphatic heterocycles. The number of hydrogen-bond acceptors (Lipinski definition) is 10. The lowest BCUT2D eigenvalue weighted by molar-refractivity contribution is 0.164. The van der Waals surface area contributed by atoms with Crippen LogP contribution in [0.25, 0.3) is 0 Å². The number of rotatable bonds is 24. The molecule has 0 spiro atoms. The normalized spacial score (nSPS) is 11.1. The van der Waals surface area contributed by atoms with Crippen molar-refractivity contribution >= 4 is 15.8 Å². The molecule has 360 valence electrons. The van der Waals surface area contributed by atoms with Crippen LogP contribution in [0.5, 0.6) is 0 Å². The fourth-order valence-corrected chi connectivity index (χ4v) is 5.22. The van der Waals surface area contributed by atoms with E-state index in [4.69, 9.17) is 18.9 Å². The van der Waals surface area contributed by atoms with Crippen molar-refractivity contribution < 1.29 is 18.9 Å². The zero-order valence-corrected chi connectivity index (χ0v) is 45.1. The van der Waals surface area contributed by atoms with Crippen molar-refractivity contribution in [1.29, 1.82) is 0 Å². The molecule has 0 heterocycles. The van der Waals surface area contributed by atoms with E-state index in [9.17, 15) is 0 Å². The molecule has 12 heteroatoms. The molecular weight excluding hydrogens is 750 g/mol. The first-order valence-corrected chi connectivity index (χ1v) is 25.9. The molecule has 2 unspecified atom stereocenters. The first-order chi connectivity index (χ1) is 26.3. The van der Waals surface area contributed by atoms with Crippen molar-refractivity contribution in [3.05, 3.63) is 0 Å². The zero-order valence-electron chi connectivity index (χ0n) is 43.4. The number of nitrogens with zero attached hydrogens (tertiary/aromatic N) is 6. The van der Waals surface area contributed by atoms with Crippen LogP contribution in [-0.4, -0.2) is 245 Å². The maximum absolute atomic E-state index is 4.93. The second-order valence-electron chi connectivity index (χ2n) is 14.8. The highest BCUT2D eigenvalue weighted by molar-refractivity contribution is 7.57. The molecule has 0 aromatic heterocycles. The third-order valence-electron chi connectivity index (χ3n) is 7.55. The van der Waals surface area contributed by atoms with Gasteiger partial charge in [0.2, 0.25) is 0 Å². The molecular formula is C45H116N6O4P2. The Morgan fingerprint density at radius 1 is 0.351 bits per heavy atom. The zero-order chi connectivity index (χ0) is 45.6. The Kier molecular flexibility index (Phi) is 101. The van der Waals surface area contributed by atoms with Crippen LogP contribution < -0.4 is 0 Å². The molecule has 0 bridgehead atoms. The Labute approximate surface area is 367 Å². The van der Waals surface area contributed by atoms with Crippen molar-refractivity contribution in [2.45, 2.75) is 88.5 Å². The number of methoxy groups -OCH3 is 4. The monoisotopic (exact) mass is 867 g/mol. The average molecular weight is 867 g/mol. The van der Waals surface area contributed by atoms with Crippen LogP contribution in [0.1, 0.15) is 88.5 Å². The van der Waals surface area contributed by atoms with E-state index in [-0.39, 0.29) is 7.43 Å². The molecule has 0 aromatic rings. The average Bonchev–Trinajstić information content (AvgIpc) is 3.15. The van der Waals surface area contributed by atoms with Gasteiger partial charge in [-0.3, -0.25) is 0 Å². The molecule has 0 aliphatic rings. The predicted octanol–water partition coefficient (Wildman–Crippen LogP) is 9.17. The topological polar surface area (TPSA) is 56.4 Å². The molecule has 0 aromatic carbocycles. The second-order valence-corrected chi connectivity index (χ2v) is 20.4. The number of likely N-dealkylation sites (N-methyl/N-ethyl adjacent to an activating group) is 3. The van der Waals surface area contributed by atoms with E-state index in [0.29, 0.717) is 15.8 Å². The Morgan fingerprint density at radius 2 is 0.632 bits per heavy atom. The third kappa shape index (κ3) is 126. The Hall–Kier alpha value is 0.460. The van der Waals surface area contributed by atoms with Gasteiger partial charge in [-0.15, -0.1) is 15.8 Å². The lowest BCUT2D eigenvalue weighted by atomic mass is 10.4. The summed E-state index contributed by atoms with van der Waals surface area (Å²) < 4.78 is 19.4. The van der Waals surface area contributed by atoms with Crippen LogP contribution in [0, 0.1) is 0 Å². The van der Waals surface area contributed by atoms with Gasteiger partial charge in [-0.1, -0.05) is 69.2 Å². The highest BCUT2D eigenvalue weighted by atomic mass is 31.1. The fraction of sp³-hybridized carbons (Fsp3) is 1.00. The van der Waals surface area contributed by atoms with Gasteiger partial charge in [-0.05, 0) is 160 Å². The quantitative estimate of drug-likeness (QED) is 0.0879. The van der Waals surface area contributed by atoms with Gasteiger partial charge in [0, 0.05) is 48.1 Å². The highest BCUT2D eigenvalue weighted by Gasteiger charge is 1.94. The van der Waals surface area contributed by atoms with Crippen molar-refractivity contribution in [3.63, 3.8) is 0 Å². The summed E-state index contributed by atoms with van der Waals surface area (Å²) in [6, 6.07) is 0. The SMILES string of the molecule is C.CCCN(C)C.CCCN(C)C.CCCN(C)CC.CCCP(C)CC.CCN(C)CCOC.CCP(C)CCOC.COCCN(C)C.COCCN(C)C. The smallest absolute Gasteiger partial charge is 0.0589 e. The standard InChI is InChI=1S/C6H15NO.C6H15N.C6H15OP.C6H15P.2C5H13NO.2C5H13N.CH4/c1-4-7(2)5-6-8-3;1-4-6-7(3)5-2;1-4-8(3)6-5-7-2;1-4-6-7(3)5-2;2*1-6(2)4-5-7-3;2*1-4-5-6(2)3;/h4-6H2,1-3H3;4-6H2,1-3H3;4-6H2,1-3H3;4-6H2,1-3H3;2*4-5H2,1-3H3;2*4-5H2,1-3H3;1H4. The fourth-order valence-electron chi connectivity index (χ4n) is 3.33.